The second-order valence-electron chi connectivity index (χ2n) is 13.5. The fourth-order valence-corrected chi connectivity index (χ4v) is 7.34. The maximum Gasteiger partial charge on any atom is 0.248 e. The summed E-state index contributed by atoms with van der Waals surface area (Å²) in [7, 11) is 1.54. The van der Waals surface area contributed by atoms with Crippen LogP contribution in [-0.4, -0.2) is 90.8 Å². The van der Waals surface area contributed by atoms with E-state index in [4.69, 9.17) is 4.74 Å². The van der Waals surface area contributed by atoms with Crippen LogP contribution in [0, 0.1) is 12.3 Å². The Balaban J connectivity index is 1.29. The number of halogens is 1. The molecule has 4 aromatic rings. The van der Waals surface area contributed by atoms with Crippen molar-refractivity contribution in [2.24, 2.45) is 5.41 Å². The summed E-state index contributed by atoms with van der Waals surface area (Å²) in [4.78, 5) is 80.7. The van der Waals surface area contributed by atoms with Crippen molar-refractivity contribution in [2.45, 2.75) is 71.3 Å². The van der Waals surface area contributed by atoms with Gasteiger partial charge in [-0.25, -0.2) is 15.0 Å². The lowest BCUT2D eigenvalue weighted by molar-refractivity contribution is -0.138. The lowest BCUT2D eigenvalue weighted by atomic mass is 9.98. The predicted octanol–water partition coefficient (Wildman–Crippen LogP) is 3.50. The molecule has 1 unspecified atom stereocenters. The van der Waals surface area contributed by atoms with Crippen LogP contribution in [0.25, 0.3) is 22.0 Å². The van der Waals surface area contributed by atoms with Gasteiger partial charge < -0.3 is 25.6 Å². The van der Waals surface area contributed by atoms with Crippen molar-refractivity contribution >= 4 is 62.1 Å². The van der Waals surface area contributed by atoms with E-state index in [1.54, 1.807) is 48.5 Å². The molecule has 1 aromatic carbocycles. The Labute approximate surface area is 314 Å². The quantitative estimate of drug-likeness (QED) is 0.0970. The maximum absolute atomic E-state index is 14.4. The summed E-state index contributed by atoms with van der Waals surface area (Å²) >= 11 is 3.36. The molecule has 16 heteroatoms. The Bertz CT molecular complexity index is 2120. The van der Waals surface area contributed by atoms with E-state index in [0.717, 1.165) is 11.1 Å². The van der Waals surface area contributed by atoms with Crippen LogP contribution in [-0.2, 0) is 37.1 Å². The summed E-state index contributed by atoms with van der Waals surface area (Å²) in [5.74, 6) is -0.895. The SMILES string of the molecule is C=CC[C@H](NC(C)=O)C(=O)NC[C@]12CC1N(C(=O)Cn1nc(C(C)=O)c3cc(-c4cnc(C)nc4)ccc31)[C@H](C(=O)Nc1nc(Br)ccc1COC)C2. The Kier molecular flexibility index (Phi) is 10.8. The standard InChI is InChI=1S/C37H40BrN9O6/c1-6-7-27(42-22(4)49)35(51)41-19-37-13-29(36(52)44-34-24(18-53-5)9-11-31(38)43-34)47(30(37)14-37)32(50)17-46-28-10-8-23(25-15-39-21(3)40-16-25)12-26(28)33(45-46)20(2)48/h6,8-12,15-16,27,29-30H,1,7,13-14,17-19H2,2-5H3,(H,41,51)(H,42,49)(H,43,44,52)/t27-,29-,30?,37-/m0/s1. The monoisotopic (exact) mass is 785 g/mol. The van der Waals surface area contributed by atoms with E-state index in [9.17, 15) is 24.0 Å². The van der Waals surface area contributed by atoms with Crippen LogP contribution in [0.3, 0.4) is 0 Å². The van der Waals surface area contributed by atoms with E-state index in [0.29, 0.717) is 39.1 Å². The van der Waals surface area contributed by atoms with Gasteiger partial charge in [-0.2, -0.15) is 5.10 Å². The molecule has 4 amide bonds. The third-order valence-electron chi connectivity index (χ3n) is 9.69. The molecule has 1 aliphatic carbocycles. The molecule has 0 bridgehead atoms. The molecule has 1 aliphatic heterocycles. The van der Waals surface area contributed by atoms with E-state index in [1.165, 1.54) is 25.6 Å². The molecule has 276 valence electrons. The summed E-state index contributed by atoms with van der Waals surface area (Å²) < 4.78 is 7.30. The van der Waals surface area contributed by atoms with Crippen LogP contribution >= 0.6 is 15.9 Å². The van der Waals surface area contributed by atoms with Crippen molar-refractivity contribution in [2.75, 3.05) is 19.0 Å². The van der Waals surface area contributed by atoms with Gasteiger partial charge in [-0.15, -0.1) is 6.58 Å². The van der Waals surface area contributed by atoms with Crippen molar-refractivity contribution in [1.82, 2.24) is 40.3 Å². The number of ether oxygens (including phenoxy) is 1. The first kappa shape index (κ1) is 37.4. The normalized spacial score (nSPS) is 19.3. The second-order valence-corrected chi connectivity index (χ2v) is 14.3. The van der Waals surface area contributed by atoms with Gasteiger partial charge in [0.05, 0.1) is 12.1 Å². The minimum atomic E-state index is -0.907. The predicted molar refractivity (Wildman–Crippen MR) is 198 cm³/mol. The number of likely N-dealkylation sites (tertiary alicyclic amines) is 1. The molecule has 0 spiro atoms. The average molecular weight is 787 g/mol. The molecule has 2 aliphatic rings. The highest BCUT2D eigenvalue weighted by Gasteiger charge is 2.67. The smallest absolute Gasteiger partial charge is 0.248 e. The zero-order valence-electron chi connectivity index (χ0n) is 29.8. The number of rotatable bonds is 14. The number of hydrogen-bond acceptors (Lipinski definition) is 10. The molecule has 2 fully saturated rings. The number of benzene rings is 1. The van der Waals surface area contributed by atoms with E-state index < -0.39 is 23.4 Å². The van der Waals surface area contributed by atoms with E-state index in [2.05, 4.69) is 58.5 Å². The van der Waals surface area contributed by atoms with Gasteiger partial charge in [0.15, 0.2) is 5.78 Å². The number of fused-ring (bicyclic) bond motifs is 2. The number of amides is 4. The number of carbonyl (C=O) groups is 5. The summed E-state index contributed by atoms with van der Waals surface area (Å²) in [5, 5.41) is 13.6. The van der Waals surface area contributed by atoms with Gasteiger partial charge in [-0.05, 0) is 65.9 Å². The summed E-state index contributed by atoms with van der Waals surface area (Å²) in [6.45, 7) is 8.38. The van der Waals surface area contributed by atoms with Gasteiger partial charge in [0, 0.05) is 67.9 Å². The zero-order chi connectivity index (χ0) is 38.0. The Hall–Kier alpha value is -5.35. The lowest BCUT2D eigenvalue weighted by Gasteiger charge is -2.27. The van der Waals surface area contributed by atoms with Crippen molar-refractivity contribution in [1.29, 1.82) is 0 Å². The largest absolute Gasteiger partial charge is 0.380 e. The molecular weight excluding hydrogens is 746 g/mol. The summed E-state index contributed by atoms with van der Waals surface area (Å²) in [6.07, 6.45) is 6.03. The fourth-order valence-electron chi connectivity index (χ4n) is 7.03. The van der Waals surface area contributed by atoms with Gasteiger partial charge in [-0.1, -0.05) is 18.2 Å². The van der Waals surface area contributed by atoms with Crippen LogP contribution in [0.5, 0.6) is 0 Å². The van der Waals surface area contributed by atoms with Gasteiger partial charge in [0.25, 0.3) is 0 Å². The van der Waals surface area contributed by atoms with Gasteiger partial charge >= 0.3 is 0 Å². The number of nitrogens with zero attached hydrogens (tertiary/aromatic N) is 6. The summed E-state index contributed by atoms with van der Waals surface area (Å²) in [5.41, 5.74) is 2.40. The highest BCUT2D eigenvalue weighted by Crippen LogP contribution is 2.59. The van der Waals surface area contributed by atoms with Gasteiger partial charge in [0.2, 0.25) is 23.6 Å². The number of nitrogens with one attached hydrogen (secondary N) is 3. The van der Waals surface area contributed by atoms with E-state index in [1.807, 2.05) is 12.1 Å². The third-order valence-corrected chi connectivity index (χ3v) is 10.1. The van der Waals surface area contributed by atoms with Crippen LogP contribution < -0.4 is 16.0 Å². The number of ketones is 1. The number of aryl methyl sites for hydroxylation is 1. The molecule has 4 heterocycles. The van der Waals surface area contributed by atoms with Crippen LogP contribution in [0.1, 0.15) is 55.0 Å². The Morgan fingerprint density at radius 2 is 1.85 bits per heavy atom. The lowest BCUT2D eigenvalue weighted by Crippen LogP contribution is -2.47. The fraction of sp³-hybridized carbons (Fsp3) is 0.378. The molecule has 15 nitrogen and oxygen atoms in total. The third kappa shape index (κ3) is 7.88. The second kappa shape index (κ2) is 15.3. The van der Waals surface area contributed by atoms with Crippen molar-refractivity contribution in [3.63, 3.8) is 0 Å². The first-order valence-electron chi connectivity index (χ1n) is 17.1. The molecule has 1 saturated heterocycles. The Morgan fingerprint density at radius 3 is 2.53 bits per heavy atom. The maximum atomic E-state index is 14.4. The van der Waals surface area contributed by atoms with Gasteiger partial charge in [0.1, 0.15) is 40.6 Å². The molecule has 53 heavy (non-hydrogen) atoms. The molecule has 3 aromatic heterocycles. The number of hydrogen-bond donors (Lipinski definition) is 3. The number of pyridine rings is 1. The number of anilines is 1. The first-order valence-corrected chi connectivity index (χ1v) is 17.9. The topological polar surface area (TPSA) is 190 Å². The van der Waals surface area contributed by atoms with E-state index >= 15 is 0 Å². The van der Waals surface area contributed by atoms with Crippen LogP contribution in [0.4, 0.5) is 5.82 Å². The number of carbonyl (C=O) groups excluding carboxylic acids is 5. The average Bonchev–Trinajstić information content (AvgIpc) is 3.54. The number of Topliss-reactive ketones (excluding diaryl/α,β-unsaturated/α-hetero) is 1. The molecule has 6 rings (SSSR count). The minimum absolute atomic E-state index is 0.187. The number of methoxy groups -OCH3 is 1. The Morgan fingerprint density at radius 1 is 1.09 bits per heavy atom. The summed E-state index contributed by atoms with van der Waals surface area (Å²) in [6, 6.07) is 6.93. The van der Waals surface area contributed by atoms with Crippen molar-refractivity contribution < 1.29 is 28.7 Å². The molecular formula is C37H40BrN9O6. The van der Waals surface area contributed by atoms with Crippen LogP contribution in [0.2, 0.25) is 0 Å². The highest BCUT2D eigenvalue weighted by molar-refractivity contribution is 9.10. The minimum Gasteiger partial charge on any atom is -0.380 e. The van der Waals surface area contributed by atoms with E-state index in [-0.39, 0.29) is 67.8 Å². The molecule has 1 saturated carbocycles. The van der Waals surface area contributed by atoms with Gasteiger partial charge in [-0.3, -0.25) is 28.7 Å². The number of aromatic nitrogens is 5. The van der Waals surface area contributed by atoms with Crippen molar-refractivity contribution in [3.8, 4) is 11.1 Å². The van der Waals surface area contributed by atoms with Crippen LogP contribution in [0.15, 0.2) is 60.0 Å². The van der Waals surface area contributed by atoms with Crippen molar-refractivity contribution in [3.05, 3.63) is 77.1 Å². The first-order chi connectivity index (χ1) is 25.3. The zero-order valence-corrected chi connectivity index (χ0v) is 31.4. The molecule has 4 atom stereocenters. The molecule has 0 radical (unpaired) electrons. The highest BCUT2D eigenvalue weighted by atomic mass is 79.9. The number of piperidine rings is 1. The molecule has 3 N–H and O–H groups in total.